The van der Waals surface area contributed by atoms with Crippen LogP contribution in [0.5, 0.6) is 0 Å². The van der Waals surface area contributed by atoms with Crippen LogP contribution >= 0.6 is 0 Å². The third-order valence-corrected chi connectivity index (χ3v) is 5.02. The van der Waals surface area contributed by atoms with Gasteiger partial charge in [0.05, 0.1) is 6.04 Å². The van der Waals surface area contributed by atoms with Gasteiger partial charge >= 0.3 is 0 Å². The number of hydrogen-bond donors (Lipinski definition) is 2. The maximum Gasteiger partial charge on any atom is 0.192 e. The van der Waals surface area contributed by atoms with Gasteiger partial charge in [0, 0.05) is 13.1 Å². The molecule has 28 heavy (non-hydrogen) atoms. The SMILES string of the molecule is Cc1nnc(CN=C(NC(C)CCCC(C)C)NC(C)c2ccccc2)n1C. The van der Waals surface area contributed by atoms with Crippen molar-refractivity contribution < 1.29 is 0 Å². The van der Waals surface area contributed by atoms with Crippen molar-refractivity contribution in [2.24, 2.45) is 18.0 Å². The van der Waals surface area contributed by atoms with Crippen molar-refractivity contribution in [2.45, 2.75) is 72.5 Å². The van der Waals surface area contributed by atoms with Crippen molar-refractivity contribution in [1.82, 2.24) is 25.4 Å². The third-order valence-electron chi connectivity index (χ3n) is 5.02. The lowest BCUT2D eigenvalue weighted by molar-refractivity contribution is 0.489. The summed E-state index contributed by atoms with van der Waals surface area (Å²) in [4.78, 5) is 4.79. The summed E-state index contributed by atoms with van der Waals surface area (Å²) in [7, 11) is 1.97. The normalized spacial score (nSPS) is 14.2. The predicted octanol–water partition coefficient (Wildman–Crippen LogP) is 4.13. The van der Waals surface area contributed by atoms with Crippen LogP contribution in [-0.2, 0) is 13.6 Å². The average molecular weight is 385 g/mol. The van der Waals surface area contributed by atoms with E-state index in [1.165, 1.54) is 18.4 Å². The zero-order valence-corrected chi connectivity index (χ0v) is 18.2. The Labute approximate surface area is 169 Å². The Balaban J connectivity index is 2.05. The van der Waals surface area contributed by atoms with Crippen LogP contribution in [0, 0.1) is 12.8 Å². The number of rotatable bonds is 9. The number of guanidine groups is 1. The van der Waals surface area contributed by atoms with E-state index in [1.807, 2.05) is 24.6 Å². The van der Waals surface area contributed by atoms with Gasteiger partial charge in [-0.3, -0.25) is 0 Å². The zero-order chi connectivity index (χ0) is 20.5. The van der Waals surface area contributed by atoms with Gasteiger partial charge < -0.3 is 15.2 Å². The van der Waals surface area contributed by atoms with Crippen LogP contribution in [0.2, 0.25) is 0 Å². The van der Waals surface area contributed by atoms with Crippen LogP contribution in [0.15, 0.2) is 35.3 Å². The van der Waals surface area contributed by atoms with Crippen molar-refractivity contribution in [3.63, 3.8) is 0 Å². The van der Waals surface area contributed by atoms with Crippen LogP contribution in [0.4, 0.5) is 0 Å². The van der Waals surface area contributed by atoms with E-state index in [4.69, 9.17) is 4.99 Å². The number of aliphatic imine (C=N–C) groups is 1. The molecule has 0 amide bonds. The van der Waals surface area contributed by atoms with Gasteiger partial charge in [-0.05, 0) is 38.7 Å². The number of aromatic nitrogens is 3. The van der Waals surface area contributed by atoms with Crippen LogP contribution in [0.25, 0.3) is 0 Å². The third kappa shape index (κ3) is 6.98. The average Bonchev–Trinajstić information content (AvgIpc) is 2.98. The Morgan fingerprint density at radius 3 is 2.36 bits per heavy atom. The van der Waals surface area contributed by atoms with Gasteiger partial charge in [0.25, 0.3) is 0 Å². The van der Waals surface area contributed by atoms with E-state index in [0.29, 0.717) is 12.6 Å². The fourth-order valence-electron chi connectivity index (χ4n) is 3.04. The van der Waals surface area contributed by atoms with E-state index in [9.17, 15) is 0 Å². The second-order valence-corrected chi connectivity index (χ2v) is 8.03. The second-order valence-electron chi connectivity index (χ2n) is 8.03. The molecule has 0 bridgehead atoms. The first-order valence-electron chi connectivity index (χ1n) is 10.3. The highest BCUT2D eigenvalue weighted by Gasteiger charge is 2.12. The van der Waals surface area contributed by atoms with Crippen LogP contribution in [-0.4, -0.2) is 26.8 Å². The second kappa shape index (κ2) is 10.8. The van der Waals surface area contributed by atoms with Crippen molar-refractivity contribution in [1.29, 1.82) is 0 Å². The summed E-state index contributed by atoms with van der Waals surface area (Å²) in [6.45, 7) is 11.4. The lowest BCUT2D eigenvalue weighted by Crippen LogP contribution is -2.43. The molecule has 2 atom stereocenters. The first kappa shape index (κ1) is 21.9. The molecule has 2 N–H and O–H groups in total. The van der Waals surface area contributed by atoms with Gasteiger partial charge in [-0.1, -0.05) is 57.0 Å². The summed E-state index contributed by atoms with van der Waals surface area (Å²) >= 11 is 0. The molecule has 1 heterocycles. The van der Waals surface area contributed by atoms with E-state index in [0.717, 1.165) is 29.9 Å². The molecule has 0 aliphatic rings. The number of benzene rings is 1. The Morgan fingerprint density at radius 1 is 1.04 bits per heavy atom. The zero-order valence-electron chi connectivity index (χ0n) is 18.2. The molecule has 1 aromatic carbocycles. The fourth-order valence-corrected chi connectivity index (χ4v) is 3.04. The molecule has 0 aliphatic carbocycles. The Kier molecular flexibility index (Phi) is 8.48. The number of hydrogen-bond acceptors (Lipinski definition) is 3. The van der Waals surface area contributed by atoms with Crippen molar-refractivity contribution >= 4 is 5.96 Å². The highest BCUT2D eigenvalue weighted by atomic mass is 15.3. The highest BCUT2D eigenvalue weighted by molar-refractivity contribution is 5.80. The Hall–Kier alpha value is -2.37. The molecule has 0 fully saturated rings. The first-order chi connectivity index (χ1) is 13.4. The largest absolute Gasteiger partial charge is 0.354 e. The molecule has 0 saturated carbocycles. The molecule has 6 nitrogen and oxygen atoms in total. The summed E-state index contributed by atoms with van der Waals surface area (Å²) in [6.07, 6.45) is 3.60. The molecule has 0 radical (unpaired) electrons. The van der Waals surface area contributed by atoms with E-state index in [-0.39, 0.29) is 6.04 Å². The van der Waals surface area contributed by atoms with E-state index < -0.39 is 0 Å². The molecule has 6 heteroatoms. The minimum atomic E-state index is 0.163. The van der Waals surface area contributed by atoms with E-state index >= 15 is 0 Å². The maximum atomic E-state index is 4.79. The summed E-state index contributed by atoms with van der Waals surface area (Å²) in [6, 6.07) is 11.0. The number of nitrogens with one attached hydrogen (secondary N) is 2. The molecule has 0 spiro atoms. The molecule has 0 aliphatic heterocycles. The predicted molar refractivity (Wildman–Crippen MR) is 116 cm³/mol. The van der Waals surface area contributed by atoms with Gasteiger partial charge in [0.2, 0.25) is 0 Å². The molecular weight excluding hydrogens is 348 g/mol. The first-order valence-corrected chi connectivity index (χ1v) is 10.3. The fraction of sp³-hybridized carbons (Fsp3) is 0.591. The molecular formula is C22H36N6. The smallest absolute Gasteiger partial charge is 0.192 e. The summed E-state index contributed by atoms with van der Waals surface area (Å²) < 4.78 is 1.98. The Morgan fingerprint density at radius 2 is 1.75 bits per heavy atom. The summed E-state index contributed by atoms with van der Waals surface area (Å²) in [5.74, 6) is 3.32. The molecule has 154 valence electrons. The topological polar surface area (TPSA) is 67.1 Å². The monoisotopic (exact) mass is 384 g/mol. The minimum Gasteiger partial charge on any atom is -0.354 e. The Bertz CT molecular complexity index is 735. The molecule has 2 aromatic rings. The van der Waals surface area contributed by atoms with Gasteiger partial charge in [0.15, 0.2) is 11.8 Å². The van der Waals surface area contributed by atoms with E-state index in [1.54, 1.807) is 0 Å². The van der Waals surface area contributed by atoms with Crippen molar-refractivity contribution in [3.8, 4) is 0 Å². The minimum absolute atomic E-state index is 0.163. The van der Waals surface area contributed by atoms with Gasteiger partial charge in [-0.2, -0.15) is 0 Å². The van der Waals surface area contributed by atoms with Gasteiger partial charge in [-0.15, -0.1) is 10.2 Å². The molecule has 1 aromatic heterocycles. The van der Waals surface area contributed by atoms with Gasteiger partial charge in [-0.25, -0.2) is 4.99 Å². The van der Waals surface area contributed by atoms with Gasteiger partial charge in [0.1, 0.15) is 12.4 Å². The van der Waals surface area contributed by atoms with Crippen LogP contribution < -0.4 is 10.6 Å². The highest BCUT2D eigenvalue weighted by Crippen LogP contribution is 2.12. The number of aryl methyl sites for hydroxylation is 1. The molecule has 0 saturated heterocycles. The standard InChI is InChI=1S/C22H36N6/c1-16(2)11-10-12-17(3)24-22(23-15-21-27-26-19(5)28(21)6)25-18(4)20-13-8-7-9-14-20/h7-9,13-14,16-18H,10-12,15H2,1-6H3,(H2,23,24,25). The summed E-state index contributed by atoms with van der Waals surface area (Å²) in [5, 5.41) is 15.5. The van der Waals surface area contributed by atoms with E-state index in [2.05, 4.69) is 72.8 Å². The van der Waals surface area contributed by atoms with Crippen molar-refractivity contribution in [2.75, 3.05) is 0 Å². The quantitative estimate of drug-likeness (QED) is 0.504. The molecule has 2 unspecified atom stereocenters. The van der Waals surface area contributed by atoms with Crippen LogP contribution in [0.1, 0.15) is 70.2 Å². The molecule has 2 rings (SSSR count). The van der Waals surface area contributed by atoms with Crippen LogP contribution in [0.3, 0.4) is 0 Å². The van der Waals surface area contributed by atoms with Crippen molar-refractivity contribution in [3.05, 3.63) is 47.5 Å². The summed E-state index contributed by atoms with van der Waals surface area (Å²) in [5.41, 5.74) is 1.24. The lowest BCUT2D eigenvalue weighted by Gasteiger charge is -2.22. The maximum absolute atomic E-state index is 4.79. The number of nitrogens with zero attached hydrogens (tertiary/aromatic N) is 4. The lowest BCUT2D eigenvalue weighted by atomic mass is 10.0.